The molecule has 9 nitrogen and oxygen atoms in total. The number of carbonyl (C=O) groups excluding carboxylic acids is 2. The first-order valence-electron chi connectivity index (χ1n) is 13.4. The highest BCUT2D eigenvalue weighted by molar-refractivity contribution is 5.77. The molecule has 4 heterocycles. The lowest BCUT2D eigenvalue weighted by Crippen LogP contribution is -2.42. The average molecular weight is 509 g/mol. The minimum absolute atomic E-state index is 0.0788. The molecule has 2 aromatic rings. The van der Waals surface area contributed by atoms with Crippen molar-refractivity contribution in [2.45, 2.75) is 83.1 Å². The Labute approximate surface area is 217 Å². The summed E-state index contributed by atoms with van der Waals surface area (Å²) < 4.78 is 11.3. The van der Waals surface area contributed by atoms with Crippen molar-refractivity contribution in [1.82, 2.24) is 20.0 Å². The van der Waals surface area contributed by atoms with Crippen molar-refractivity contribution in [3.63, 3.8) is 0 Å². The van der Waals surface area contributed by atoms with Crippen LogP contribution in [0.15, 0.2) is 40.9 Å². The van der Waals surface area contributed by atoms with Crippen molar-refractivity contribution in [3.8, 4) is 0 Å². The first kappa shape index (κ1) is 24.3. The Morgan fingerprint density at radius 2 is 1.89 bits per heavy atom. The van der Waals surface area contributed by atoms with Gasteiger partial charge in [-0.15, -0.1) is 0 Å². The summed E-state index contributed by atoms with van der Waals surface area (Å²) in [5.74, 6) is 1.04. The van der Waals surface area contributed by atoms with Crippen molar-refractivity contribution in [2.24, 2.45) is 5.41 Å². The molecule has 9 heteroatoms. The van der Waals surface area contributed by atoms with Gasteiger partial charge in [-0.2, -0.15) is 5.06 Å². The fraction of sp³-hybridized carbons (Fsp3) is 0.607. The molecule has 3 amide bonds. The molecular formula is C28H36N4O5. The Kier molecular flexibility index (Phi) is 5.93. The fourth-order valence-corrected chi connectivity index (χ4v) is 6.08. The molecule has 4 fully saturated rings. The number of aromatic nitrogens is 1. The zero-order valence-electron chi connectivity index (χ0n) is 21.9. The molecular weight excluding hydrogens is 472 g/mol. The van der Waals surface area contributed by atoms with Crippen LogP contribution in [0.25, 0.3) is 0 Å². The summed E-state index contributed by atoms with van der Waals surface area (Å²) in [6, 6.07) is 11.9. The summed E-state index contributed by atoms with van der Waals surface area (Å²) in [7, 11) is 0. The minimum Gasteiger partial charge on any atom is -0.444 e. The normalized spacial score (nSPS) is 25.2. The van der Waals surface area contributed by atoms with E-state index < -0.39 is 5.60 Å². The van der Waals surface area contributed by atoms with Crippen LogP contribution in [0.5, 0.6) is 0 Å². The third-order valence-electron chi connectivity index (χ3n) is 8.31. The second-order valence-electron chi connectivity index (χ2n) is 12.0. The Bertz CT molecular complexity index is 1150. The number of hydrogen-bond acceptors (Lipinski definition) is 6. The number of hydroxylamine groups is 2. The Hall–Kier alpha value is -3.07. The fourth-order valence-electron chi connectivity index (χ4n) is 6.08. The molecule has 1 aliphatic carbocycles. The van der Waals surface area contributed by atoms with Gasteiger partial charge in [-0.25, -0.2) is 9.59 Å². The molecule has 3 saturated heterocycles. The van der Waals surface area contributed by atoms with Gasteiger partial charge in [0, 0.05) is 31.6 Å². The summed E-state index contributed by atoms with van der Waals surface area (Å²) >= 11 is 0. The second-order valence-corrected chi connectivity index (χ2v) is 12.0. The maximum Gasteiger partial charge on any atom is 0.410 e. The highest BCUT2D eigenvalue weighted by Gasteiger charge is 2.63. The first-order chi connectivity index (χ1) is 17.7. The van der Waals surface area contributed by atoms with Gasteiger partial charge in [0.25, 0.3) is 0 Å². The molecule has 0 unspecified atom stereocenters. The van der Waals surface area contributed by atoms with E-state index in [1.165, 1.54) is 0 Å². The van der Waals surface area contributed by atoms with Crippen LogP contribution in [0.4, 0.5) is 9.59 Å². The minimum atomic E-state index is -0.499. The van der Waals surface area contributed by atoms with Gasteiger partial charge in [0.1, 0.15) is 23.7 Å². The van der Waals surface area contributed by atoms with E-state index in [-0.39, 0.29) is 35.5 Å². The van der Waals surface area contributed by atoms with Gasteiger partial charge >= 0.3 is 12.1 Å². The van der Waals surface area contributed by atoms with E-state index in [1.807, 2.05) is 62.1 Å². The van der Waals surface area contributed by atoms with Gasteiger partial charge in [0.05, 0.1) is 12.1 Å². The average Bonchev–Trinajstić information content (AvgIpc) is 3.35. The molecule has 1 saturated carbocycles. The lowest BCUT2D eigenvalue weighted by molar-refractivity contribution is -0.153. The predicted molar refractivity (Wildman–Crippen MR) is 134 cm³/mol. The van der Waals surface area contributed by atoms with Crippen LogP contribution in [0.2, 0.25) is 0 Å². The number of piperidine rings is 2. The number of fused-ring (bicyclic) bond motifs is 3. The zero-order valence-corrected chi connectivity index (χ0v) is 21.9. The van der Waals surface area contributed by atoms with E-state index in [2.05, 4.69) is 5.16 Å². The van der Waals surface area contributed by atoms with Crippen LogP contribution in [0.3, 0.4) is 0 Å². The van der Waals surface area contributed by atoms with Crippen LogP contribution in [-0.4, -0.2) is 63.4 Å². The number of nitrogens with zero attached hydrogens (tertiary/aromatic N) is 4. The topological polar surface area (TPSA) is 88.4 Å². The maximum atomic E-state index is 13.4. The van der Waals surface area contributed by atoms with Crippen molar-refractivity contribution in [1.29, 1.82) is 0 Å². The van der Waals surface area contributed by atoms with E-state index >= 15 is 0 Å². The van der Waals surface area contributed by atoms with Crippen LogP contribution in [-0.2, 0) is 16.2 Å². The number of carbonyl (C=O) groups is 2. The highest BCUT2D eigenvalue weighted by Crippen LogP contribution is 2.61. The molecule has 0 radical (unpaired) electrons. The van der Waals surface area contributed by atoms with Crippen LogP contribution >= 0.6 is 0 Å². The number of rotatable bonds is 5. The summed E-state index contributed by atoms with van der Waals surface area (Å²) in [6.45, 7) is 7.94. The summed E-state index contributed by atoms with van der Waals surface area (Å²) in [5.41, 5.74) is 1.47. The molecule has 1 aromatic heterocycles. The molecule has 4 aliphatic rings. The standard InChI is InChI=1S/C28H36N4O5/c1-27(2,3)36-26(34)30-13-9-20(10-14-30)23-15-21(29-37-23)22-16-28(11-12-28)24-17-31(22)25(33)32(24)35-18-19-7-5-4-6-8-19/h4-8,15,20,22,24H,9-14,16-18H2,1-3H3/t22-,24+/m0/s1. The molecule has 0 N–H and O–H groups in total. The SMILES string of the molecule is CC(C)(C)OC(=O)N1CCC(c2cc([C@@H]3CC4(CC4)[C@H]4CN3C(=O)N4OCc3ccccc3)no2)CC1. The summed E-state index contributed by atoms with van der Waals surface area (Å²) in [5, 5.41) is 6.08. The van der Waals surface area contributed by atoms with Crippen LogP contribution < -0.4 is 0 Å². The molecule has 37 heavy (non-hydrogen) atoms. The van der Waals surface area contributed by atoms with Gasteiger partial charge in [-0.05, 0) is 63.9 Å². The largest absolute Gasteiger partial charge is 0.444 e. The van der Waals surface area contributed by atoms with Crippen molar-refractivity contribution < 1.29 is 23.7 Å². The van der Waals surface area contributed by atoms with E-state index in [1.54, 1.807) is 9.96 Å². The van der Waals surface area contributed by atoms with E-state index in [0.717, 1.165) is 49.1 Å². The smallest absolute Gasteiger partial charge is 0.410 e. The summed E-state index contributed by atoms with van der Waals surface area (Å²) in [4.78, 5) is 35.6. The second kappa shape index (κ2) is 9.04. The quantitative estimate of drug-likeness (QED) is 0.548. The third kappa shape index (κ3) is 4.69. The van der Waals surface area contributed by atoms with Crippen molar-refractivity contribution >= 4 is 12.1 Å². The van der Waals surface area contributed by atoms with E-state index in [4.69, 9.17) is 14.1 Å². The Balaban J connectivity index is 1.11. The predicted octanol–water partition coefficient (Wildman–Crippen LogP) is 5.25. The molecule has 2 atom stereocenters. The molecule has 1 spiro atoms. The van der Waals surface area contributed by atoms with Crippen LogP contribution in [0.1, 0.15) is 81.9 Å². The Morgan fingerprint density at radius 1 is 1.16 bits per heavy atom. The summed E-state index contributed by atoms with van der Waals surface area (Å²) in [6.07, 6.45) is 4.44. The molecule has 198 valence electrons. The lowest BCUT2D eigenvalue weighted by Gasteiger charge is -2.35. The van der Waals surface area contributed by atoms with Crippen molar-refractivity contribution in [3.05, 3.63) is 53.4 Å². The number of amides is 3. The van der Waals surface area contributed by atoms with Gasteiger partial charge in [0.15, 0.2) is 0 Å². The highest BCUT2D eigenvalue weighted by atomic mass is 16.7. The Morgan fingerprint density at radius 3 is 2.57 bits per heavy atom. The van der Waals surface area contributed by atoms with Gasteiger partial charge in [-0.1, -0.05) is 35.5 Å². The molecule has 2 bridgehead atoms. The lowest BCUT2D eigenvalue weighted by atomic mass is 9.84. The van der Waals surface area contributed by atoms with Gasteiger partial charge in [-0.3, -0.25) is 4.84 Å². The van der Waals surface area contributed by atoms with E-state index in [0.29, 0.717) is 26.2 Å². The zero-order chi connectivity index (χ0) is 25.8. The number of benzene rings is 1. The monoisotopic (exact) mass is 508 g/mol. The number of hydrogen-bond donors (Lipinski definition) is 0. The first-order valence-corrected chi connectivity index (χ1v) is 13.4. The number of ether oxygens (including phenoxy) is 1. The maximum absolute atomic E-state index is 13.4. The van der Waals surface area contributed by atoms with Gasteiger partial charge < -0.3 is 19.1 Å². The molecule has 6 rings (SSSR count). The molecule has 3 aliphatic heterocycles. The molecule has 1 aromatic carbocycles. The van der Waals surface area contributed by atoms with Crippen LogP contribution in [0, 0.1) is 5.41 Å². The number of likely N-dealkylation sites (tertiary alicyclic amines) is 1. The number of urea groups is 1. The van der Waals surface area contributed by atoms with Crippen molar-refractivity contribution in [2.75, 3.05) is 19.6 Å². The van der Waals surface area contributed by atoms with E-state index in [9.17, 15) is 9.59 Å². The van der Waals surface area contributed by atoms with Gasteiger partial charge in [0.2, 0.25) is 0 Å². The third-order valence-corrected chi connectivity index (χ3v) is 8.31.